The quantitative estimate of drug-likeness (QED) is 0.134. The third-order valence-corrected chi connectivity index (χ3v) is 32.2. The maximum absolute atomic E-state index is 8.57. The molecule has 4 heterocycles. The molecule has 140 heavy (non-hydrogen) atoms. The fraction of sp³-hybridized carbons (Fsp3) is 0.104. The lowest BCUT2D eigenvalue weighted by atomic mass is 9.30. The van der Waals surface area contributed by atoms with Gasteiger partial charge in [-0.2, -0.15) is 0 Å². The van der Waals surface area contributed by atoms with E-state index in [0.29, 0.717) is 0 Å². The maximum atomic E-state index is 8.57. The Balaban J connectivity index is 0.762. The summed E-state index contributed by atoms with van der Waals surface area (Å²) in [4.78, 5) is 8.07. The Morgan fingerprint density at radius 2 is 0.507 bits per heavy atom. The van der Waals surface area contributed by atoms with Gasteiger partial charge in [-0.05, 0) is 272 Å². The first-order valence-corrected chi connectivity index (χ1v) is 49.7. The third kappa shape index (κ3) is 11.6. The van der Waals surface area contributed by atoms with Crippen LogP contribution in [0.5, 0.6) is 11.5 Å². The SMILES string of the molecule is CC(C)(C)c1ccc(N2c3ccccc3B3c4cc5c(cc4N(c4ccc(C(C)(C)C)cc4-c4ccccc4)c4cc(-c6cccc7c6C6(c8ccccc8-c8ccccc86)c6ccccc6-7)cc2c43)Oc2cc(-c3cccc4c3C3(c6ccccc6-c6ccccc63)c3ccccc3-4)cc3c2B5c2ccccc2N3c2c(-c3ccccc3)cc(C(C)(C)C)cc2-c2ccccc2)c(-c2ccccc2)c1. The molecule has 0 bridgehead atoms. The number of benzene rings is 20. The third-order valence-electron chi connectivity index (χ3n) is 32.2. The Hall–Kier alpha value is -16.3. The molecule has 0 saturated carbocycles. The largest absolute Gasteiger partial charge is 0.458 e. The monoisotopic (exact) mass is 1790 g/mol. The van der Waals surface area contributed by atoms with Gasteiger partial charge in [0.15, 0.2) is 0 Å². The molecule has 20 aromatic carbocycles. The van der Waals surface area contributed by atoms with Crippen LogP contribution in [0, 0.1) is 0 Å². The lowest BCUT2D eigenvalue weighted by Crippen LogP contribution is -2.64. The summed E-state index contributed by atoms with van der Waals surface area (Å²) in [5.41, 5.74) is 52.9. The van der Waals surface area contributed by atoms with Gasteiger partial charge in [0.2, 0.25) is 0 Å². The van der Waals surface area contributed by atoms with E-state index in [1.807, 2.05) is 0 Å². The average molecular weight is 1790 g/mol. The van der Waals surface area contributed by atoms with Crippen molar-refractivity contribution in [2.75, 3.05) is 14.7 Å². The first-order valence-electron chi connectivity index (χ1n) is 49.7. The van der Waals surface area contributed by atoms with Crippen LogP contribution in [0.4, 0.5) is 51.2 Å². The highest BCUT2D eigenvalue weighted by atomic mass is 16.5. The van der Waals surface area contributed by atoms with Crippen molar-refractivity contribution in [3.63, 3.8) is 0 Å². The van der Waals surface area contributed by atoms with Gasteiger partial charge in [-0.25, -0.2) is 0 Å². The molecule has 20 aromatic rings. The van der Waals surface area contributed by atoms with Crippen LogP contribution in [0.2, 0.25) is 0 Å². The Bertz CT molecular complexity index is 8500. The summed E-state index contributed by atoms with van der Waals surface area (Å²) in [5.74, 6) is 1.63. The second kappa shape index (κ2) is 30.1. The molecule has 0 amide bonds. The normalized spacial score (nSPS) is 14.3. The fourth-order valence-corrected chi connectivity index (χ4v) is 26.1. The van der Waals surface area contributed by atoms with E-state index in [0.717, 1.165) is 135 Å². The van der Waals surface area contributed by atoms with Crippen molar-refractivity contribution in [3.05, 3.63) is 498 Å². The summed E-state index contributed by atoms with van der Waals surface area (Å²) in [6, 6.07) is 169. The zero-order chi connectivity index (χ0) is 93.7. The molecular weight excluding hydrogens is 1690 g/mol. The zero-order valence-corrected chi connectivity index (χ0v) is 80.0. The highest BCUT2D eigenvalue weighted by molar-refractivity contribution is 7.02. The molecule has 662 valence electrons. The molecule has 4 nitrogen and oxygen atoms in total. The molecule has 0 saturated heterocycles. The molecule has 0 N–H and O–H groups in total. The first-order chi connectivity index (χ1) is 68.4. The van der Waals surface area contributed by atoms with E-state index in [4.69, 9.17) is 4.74 Å². The van der Waals surface area contributed by atoms with Gasteiger partial charge in [0.25, 0.3) is 13.4 Å². The van der Waals surface area contributed by atoms with Gasteiger partial charge in [-0.1, -0.05) is 420 Å². The Kier molecular flexibility index (Phi) is 17.6. The van der Waals surface area contributed by atoms with Crippen molar-refractivity contribution >= 4 is 97.4 Å². The van der Waals surface area contributed by atoms with Gasteiger partial charge in [0.1, 0.15) is 11.5 Å². The van der Waals surface area contributed by atoms with Crippen LogP contribution in [-0.4, -0.2) is 13.4 Å². The van der Waals surface area contributed by atoms with Crippen molar-refractivity contribution < 1.29 is 4.74 Å². The highest BCUT2D eigenvalue weighted by Crippen LogP contribution is 2.68. The predicted octanol–water partition coefficient (Wildman–Crippen LogP) is 30.8. The van der Waals surface area contributed by atoms with Gasteiger partial charge in [0.05, 0.1) is 27.9 Å². The number of rotatable bonds is 9. The number of fused-ring (bicyclic) bond motifs is 28. The van der Waals surface area contributed by atoms with Gasteiger partial charge in [-0.3, -0.25) is 0 Å². The summed E-state index contributed by atoms with van der Waals surface area (Å²) >= 11 is 0. The number of ether oxygens (including phenoxy) is 1. The molecular formula is C134H99B2N3O. The number of hydrogen-bond donors (Lipinski definition) is 0. The van der Waals surface area contributed by atoms with E-state index < -0.39 is 10.8 Å². The topological polar surface area (TPSA) is 19.0 Å². The van der Waals surface area contributed by atoms with Crippen LogP contribution in [0.3, 0.4) is 0 Å². The number of para-hydroxylation sites is 2. The minimum Gasteiger partial charge on any atom is -0.458 e. The maximum Gasteiger partial charge on any atom is 0.256 e. The molecule has 8 aliphatic rings. The highest BCUT2D eigenvalue weighted by Gasteiger charge is 2.57. The van der Waals surface area contributed by atoms with E-state index in [1.54, 1.807) is 0 Å². The van der Waals surface area contributed by atoms with Crippen LogP contribution < -0.4 is 52.2 Å². The van der Waals surface area contributed by atoms with E-state index in [-0.39, 0.29) is 29.7 Å². The molecule has 0 unspecified atom stereocenters. The molecule has 0 aromatic heterocycles. The second-order valence-electron chi connectivity index (χ2n) is 42.7. The predicted molar refractivity (Wildman–Crippen MR) is 588 cm³/mol. The smallest absolute Gasteiger partial charge is 0.256 e. The Morgan fingerprint density at radius 3 is 0.914 bits per heavy atom. The summed E-state index contributed by atoms with van der Waals surface area (Å²) in [5, 5.41) is 0. The van der Waals surface area contributed by atoms with E-state index in [9.17, 15) is 0 Å². The summed E-state index contributed by atoms with van der Waals surface area (Å²) in [6.07, 6.45) is 0. The van der Waals surface area contributed by atoms with Crippen LogP contribution in [0.1, 0.15) is 124 Å². The molecule has 28 rings (SSSR count). The van der Waals surface area contributed by atoms with Crippen LogP contribution in [-0.2, 0) is 27.1 Å². The summed E-state index contributed by atoms with van der Waals surface area (Å²) in [7, 11) is 0. The molecule has 4 aliphatic heterocycles. The number of hydrogen-bond acceptors (Lipinski definition) is 4. The lowest BCUT2D eigenvalue weighted by molar-refractivity contribution is 0.488. The Morgan fingerprint density at radius 1 is 0.193 bits per heavy atom. The summed E-state index contributed by atoms with van der Waals surface area (Å²) < 4.78 is 8.57. The second-order valence-corrected chi connectivity index (χ2v) is 42.7. The van der Waals surface area contributed by atoms with E-state index in [1.165, 1.54) is 133 Å². The molecule has 0 fully saturated rings. The molecule has 0 radical (unpaired) electrons. The van der Waals surface area contributed by atoms with Gasteiger partial charge in [-0.15, -0.1) is 0 Å². The van der Waals surface area contributed by atoms with Crippen molar-refractivity contribution in [3.8, 4) is 123 Å². The standard InChI is InChI=1S/C134H99B2N3O/c1-130(2,3)88-68-70-115(101(76-88)82-40-14-10-15-41-82)137-117-66-36-34-64-111(117)135-113-80-114-123(81-119(113)138(116-71-69-89(131(4,5)6)77-102(116)83-42-16-11-17-43-83)121-73-86(72-120(137)127(121)135)91-54-38-56-99-97-52-26-32-62-109(97)133(125(91)99)105-58-28-22-48-93(105)94-49-23-29-59-106(94)133)140-124-75-87(92-55-39-57-100-98-53-27-33-63-110(98)134(126(92)100)107-60-30-24-50-95(107)96-51-25-31-61-108(96)134)74-122-128(124)136(114)112-65-35-37-67-118(112)139(122)129-103(84-44-18-12-19-45-84)78-90(132(7,8)9)79-104(129)85-46-20-13-21-47-85/h10-81H,1-9H3. The van der Waals surface area contributed by atoms with Crippen molar-refractivity contribution in [1.29, 1.82) is 0 Å². The molecule has 0 atom stereocenters. The lowest BCUT2D eigenvalue weighted by Gasteiger charge is -2.46. The van der Waals surface area contributed by atoms with Gasteiger partial charge < -0.3 is 19.4 Å². The molecule has 2 spiro atoms. The van der Waals surface area contributed by atoms with E-state index in [2.05, 4.69) is 514 Å². The van der Waals surface area contributed by atoms with Crippen molar-refractivity contribution in [2.45, 2.75) is 89.4 Å². The van der Waals surface area contributed by atoms with Gasteiger partial charge in [0, 0.05) is 62.4 Å². The molecule has 4 aliphatic carbocycles. The first kappa shape index (κ1) is 82.0. The zero-order valence-electron chi connectivity index (χ0n) is 80.0. The number of anilines is 9. The van der Waals surface area contributed by atoms with Crippen molar-refractivity contribution in [1.82, 2.24) is 0 Å². The number of nitrogens with zero attached hydrogens (tertiary/aromatic N) is 3. The van der Waals surface area contributed by atoms with Crippen LogP contribution in [0.15, 0.2) is 437 Å². The van der Waals surface area contributed by atoms with E-state index >= 15 is 0 Å². The van der Waals surface area contributed by atoms with Crippen LogP contribution in [0.25, 0.3) is 111 Å². The Labute approximate surface area is 821 Å². The van der Waals surface area contributed by atoms with Gasteiger partial charge >= 0.3 is 0 Å². The van der Waals surface area contributed by atoms with Crippen LogP contribution >= 0.6 is 0 Å². The fourth-order valence-electron chi connectivity index (χ4n) is 26.1. The minimum absolute atomic E-state index is 0.167. The summed E-state index contributed by atoms with van der Waals surface area (Å²) in [6.45, 7) is 20.5. The molecule has 6 heteroatoms. The minimum atomic E-state index is -0.677. The average Bonchev–Trinajstić information content (AvgIpc) is 1.52. The van der Waals surface area contributed by atoms with Crippen molar-refractivity contribution in [2.24, 2.45) is 0 Å².